The lowest BCUT2D eigenvalue weighted by atomic mass is 10.1. The van der Waals surface area contributed by atoms with Crippen molar-refractivity contribution in [2.75, 3.05) is 6.61 Å². The van der Waals surface area contributed by atoms with E-state index in [1.807, 2.05) is 18.2 Å². The van der Waals surface area contributed by atoms with Crippen molar-refractivity contribution in [1.82, 2.24) is 5.32 Å². The predicted molar refractivity (Wildman–Crippen MR) is 71.3 cm³/mol. The highest BCUT2D eigenvalue weighted by atomic mass is 16.5. The molecule has 1 heterocycles. The molecular formula is C15H15NO3. The first-order chi connectivity index (χ1) is 9.22. The van der Waals surface area contributed by atoms with E-state index in [1.165, 1.54) is 0 Å². The Labute approximate surface area is 111 Å². The van der Waals surface area contributed by atoms with Crippen LogP contribution >= 0.6 is 0 Å². The monoisotopic (exact) mass is 257 g/mol. The van der Waals surface area contributed by atoms with Gasteiger partial charge in [-0.3, -0.25) is 0 Å². The Balaban J connectivity index is 1.68. The predicted octanol–water partition coefficient (Wildman–Crippen LogP) is 2.32. The SMILES string of the molecule is Oc1ccc(CNC2COc3cc(O)ccc32)cc1. The quantitative estimate of drug-likeness (QED) is 0.789. The summed E-state index contributed by atoms with van der Waals surface area (Å²) in [7, 11) is 0. The first-order valence-corrected chi connectivity index (χ1v) is 6.19. The Morgan fingerprint density at radius 3 is 2.58 bits per heavy atom. The zero-order valence-electron chi connectivity index (χ0n) is 10.3. The van der Waals surface area contributed by atoms with Crippen molar-refractivity contribution in [3.63, 3.8) is 0 Å². The van der Waals surface area contributed by atoms with E-state index >= 15 is 0 Å². The molecule has 3 N–H and O–H groups in total. The molecule has 0 aromatic heterocycles. The third-order valence-electron chi connectivity index (χ3n) is 3.27. The van der Waals surface area contributed by atoms with Gasteiger partial charge >= 0.3 is 0 Å². The van der Waals surface area contributed by atoms with E-state index < -0.39 is 0 Å². The molecule has 98 valence electrons. The van der Waals surface area contributed by atoms with Gasteiger partial charge in [-0.2, -0.15) is 0 Å². The van der Waals surface area contributed by atoms with Crippen molar-refractivity contribution in [2.45, 2.75) is 12.6 Å². The van der Waals surface area contributed by atoms with Crippen molar-refractivity contribution in [2.24, 2.45) is 0 Å². The Hall–Kier alpha value is -2.20. The van der Waals surface area contributed by atoms with Gasteiger partial charge in [0, 0.05) is 18.2 Å². The van der Waals surface area contributed by atoms with Crippen LogP contribution in [0.1, 0.15) is 17.2 Å². The smallest absolute Gasteiger partial charge is 0.127 e. The van der Waals surface area contributed by atoms with Crippen LogP contribution in [0.4, 0.5) is 0 Å². The minimum absolute atomic E-state index is 0.129. The second kappa shape index (κ2) is 4.82. The lowest BCUT2D eigenvalue weighted by Gasteiger charge is -2.11. The van der Waals surface area contributed by atoms with E-state index in [4.69, 9.17) is 4.74 Å². The van der Waals surface area contributed by atoms with Gasteiger partial charge in [0.1, 0.15) is 23.9 Å². The van der Waals surface area contributed by atoms with Gasteiger partial charge < -0.3 is 20.3 Å². The third-order valence-corrected chi connectivity index (χ3v) is 3.27. The number of aromatic hydroxyl groups is 2. The highest BCUT2D eigenvalue weighted by molar-refractivity contribution is 5.44. The first-order valence-electron chi connectivity index (χ1n) is 6.19. The number of phenolic OH excluding ortho intramolecular Hbond substituents is 2. The summed E-state index contributed by atoms with van der Waals surface area (Å²) in [4.78, 5) is 0. The minimum Gasteiger partial charge on any atom is -0.508 e. The van der Waals surface area contributed by atoms with Crippen molar-refractivity contribution in [3.8, 4) is 17.2 Å². The zero-order chi connectivity index (χ0) is 13.2. The standard InChI is InChI=1S/C15H15NO3/c17-11-3-1-10(2-4-11)8-16-14-9-19-15-7-12(18)5-6-13(14)15/h1-7,14,16-18H,8-9H2. The van der Waals surface area contributed by atoms with Gasteiger partial charge in [-0.1, -0.05) is 12.1 Å². The fourth-order valence-electron chi connectivity index (χ4n) is 2.22. The zero-order valence-corrected chi connectivity index (χ0v) is 10.3. The van der Waals surface area contributed by atoms with Crippen molar-refractivity contribution in [3.05, 3.63) is 53.6 Å². The minimum atomic E-state index is 0.129. The molecule has 0 amide bonds. The molecule has 1 aliphatic heterocycles. The highest BCUT2D eigenvalue weighted by Gasteiger charge is 2.23. The third kappa shape index (κ3) is 2.48. The van der Waals surface area contributed by atoms with Crippen molar-refractivity contribution < 1.29 is 14.9 Å². The molecule has 0 saturated heterocycles. The van der Waals surface area contributed by atoms with E-state index in [0.29, 0.717) is 13.2 Å². The van der Waals surface area contributed by atoms with Gasteiger partial charge in [-0.15, -0.1) is 0 Å². The van der Waals surface area contributed by atoms with Crippen LogP contribution in [0.2, 0.25) is 0 Å². The number of phenols is 2. The van der Waals surface area contributed by atoms with Crippen molar-refractivity contribution >= 4 is 0 Å². The topological polar surface area (TPSA) is 61.7 Å². The van der Waals surface area contributed by atoms with Gasteiger partial charge in [0.05, 0.1) is 6.04 Å². The summed E-state index contributed by atoms with van der Waals surface area (Å²) in [5.41, 5.74) is 2.17. The van der Waals surface area contributed by atoms with Crippen LogP contribution in [-0.4, -0.2) is 16.8 Å². The van der Waals surface area contributed by atoms with Crippen LogP contribution in [0.5, 0.6) is 17.2 Å². The lowest BCUT2D eigenvalue weighted by molar-refractivity contribution is 0.309. The van der Waals surface area contributed by atoms with Gasteiger partial charge in [0.15, 0.2) is 0 Å². The summed E-state index contributed by atoms with van der Waals surface area (Å²) >= 11 is 0. The summed E-state index contributed by atoms with van der Waals surface area (Å²) in [5, 5.41) is 22.0. The van der Waals surface area contributed by atoms with Crippen LogP contribution in [-0.2, 0) is 6.54 Å². The van der Waals surface area contributed by atoms with E-state index in [-0.39, 0.29) is 17.5 Å². The van der Waals surface area contributed by atoms with E-state index in [9.17, 15) is 10.2 Å². The van der Waals surface area contributed by atoms with E-state index in [2.05, 4.69) is 5.32 Å². The number of ether oxygens (including phenoxy) is 1. The molecule has 0 saturated carbocycles. The molecule has 3 rings (SSSR count). The van der Waals surface area contributed by atoms with Gasteiger partial charge in [-0.25, -0.2) is 0 Å². The van der Waals surface area contributed by atoms with Crippen LogP contribution in [0.25, 0.3) is 0 Å². The van der Waals surface area contributed by atoms with Crippen LogP contribution in [0, 0.1) is 0 Å². The van der Waals surface area contributed by atoms with Crippen LogP contribution in [0.15, 0.2) is 42.5 Å². The average Bonchev–Trinajstić information content (AvgIpc) is 2.80. The number of fused-ring (bicyclic) bond motifs is 1. The maximum Gasteiger partial charge on any atom is 0.127 e. The molecule has 2 aromatic rings. The van der Waals surface area contributed by atoms with Crippen LogP contribution < -0.4 is 10.1 Å². The first kappa shape index (κ1) is 11.9. The second-order valence-electron chi connectivity index (χ2n) is 4.63. The maximum absolute atomic E-state index is 9.39. The Morgan fingerprint density at radius 1 is 1.05 bits per heavy atom. The highest BCUT2D eigenvalue weighted by Crippen LogP contribution is 2.34. The molecule has 19 heavy (non-hydrogen) atoms. The average molecular weight is 257 g/mol. The molecule has 4 heteroatoms. The molecular weight excluding hydrogens is 242 g/mol. The number of benzene rings is 2. The van der Waals surface area contributed by atoms with E-state index in [0.717, 1.165) is 16.9 Å². The number of hydrogen-bond acceptors (Lipinski definition) is 4. The summed E-state index contributed by atoms with van der Waals surface area (Å²) in [6, 6.07) is 12.4. The van der Waals surface area contributed by atoms with Gasteiger partial charge in [-0.05, 0) is 29.8 Å². The molecule has 1 unspecified atom stereocenters. The largest absolute Gasteiger partial charge is 0.508 e. The van der Waals surface area contributed by atoms with Gasteiger partial charge in [0.25, 0.3) is 0 Å². The molecule has 0 aliphatic carbocycles. The Kier molecular flexibility index (Phi) is 3.01. The molecule has 0 spiro atoms. The molecule has 1 atom stereocenters. The van der Waals surface area contributed by atoms with Crippen LogP contribution in [0.3, 0.4) is 0 Å². The fourth-order valence-corrected chi connectivity index (χ4v) is 2.22. The summed E-state index contributed by atoms with van der Waals surface area (Å²) < 4.78 is 5.54. The molecule has 1 aliphatic rings. The lowest BCUT2D eigenvalue weighted by Crippen LogP contribution is -2.21. The number of nitrogens with one attached hydrogen (secondary N) is 1. The fraction of sp³-hybridized carbons (Fsp3) is 0.200. The second-order valence-corrected chi connectivity index (χ2v) is 4.63. The summed E-state index contributed by atoms with van der Waals surface area (Å²) in [5.74, 6) is 1.23. The molecule has 0 bridgehead atoms. The van der Waals surface area contributed by atoms with E-state index in [1.54, 1.807) is 24.3 Å². The maximum atomic E-state index is 9.39. The Morgan fingerprint density at radius 2 is 1.79 bits per heavy atom. The molecule has 0 fully saturated rings. The number of hydrogen-bond donors (Lipinski definition) is 3. The summed E-state index contributed by atoms with van der Waals surface area (Å²) in [6.07, 6.45) is 0. The molecule has 0 radical (unpaired) electrons. The van der Waals surface area contributed by atoms with Gasteiger partial charge in [0.2, 0.25) is 0 Å². The molecule has 4 nitrogen and oxygen atoms in total. The van der Waals surface area contributed by atoms with Crippen molar-refractivity contribution in [1.29, 1.82) is 0 Å². The normalized spacial score (nSPS) is 16.9. The Bertz CT molecular complexity index is 580. The molecule has 2 aromatic carbocycles. The number of rotatable bonds is 3. The summed E-state index contributed by atoms with van der Waals surface area (Å²) in [6.45, 7) is 1.27.